The zero-order valence-electron chi connectivity index (χ0n) is 19.9. The Labute approximate surface area is 198 Å². The van der Waals surface area contributed by atoms with Crippen LogP contribution in [0.4, 0.5) is 0 Å². The van der Waals surface area contributed by atoms with Crippen molar-refractivity contribution in [3.63, 3.8) is 0 Å². The lowest BCUT2D eigenvalue weighted by Gasteiger charge is -2.27. The van der Waals surface area contributed by atoms with Crippen LogP contribution in [0.2, 0.25) is 0 Å². The monoisotopic (exact) mass is 486 g/mol. The molecule has 194 valence electrons. The number of nitrogens with two attached hydrogens (primary N) is 4. The summed E-state index contributed by atoms with van der Waals surface area (Å²) in [5, 5.41) is 16.4. The van der Waals surface area contributed by atoms with Crippen LogP contribution < -0.4 is 38.9 Å². The Morgan fingerprint density at radius 1 is 0.912 bits per heavy atom. The van der Waals surface area contributed by atoms with Crippen LogP contribution in [0.1, 0.15) is 52.9 Å². The maximum atomic E-state index is 12.9. The van der Waals surface area contributed by atoms with Crippen LogP contribution in [0.25, 0.3) is 0 Å². The van der Waals surface area contributed by atoms with E-state index in [-0.39, 0.29) is 37.7 Å². The molecule has 0 bridgehead atoms. The number of carbonyl (C=O) groups excluding carboxylic acids is 4. The number of hydrogen-bond donors (Lipinski definition) is 8. The van der Waals surface area contributed by atoms with E-state index in [1.165, 1.54) is 6.92 Å². The van der Waals surface area contributed by atoms with Crippen molar-refractivity contribution in [2.75, 3.05) is 6.54 Å². The first-order valence-corrected chi connectivity index (χ1v) is 11.0. The molecule has 0 fully saturated rings. The number of rotatable bonds is 16. The van der Waals surface area contributed by atoms with Crippen molar-refractivity contribution < 1.29 is 29.1 Å². The molecule has 0 spiro atoms. The van der Waals surface area contributed by atoms with Crippen LogP contribution in [0.5, 0.6) is 0 Å². The predicted molar refractivity (Wildman–Crippen MR) is 125 cm³/mol. The largest absolute Gasteiger partial charge is 0.480 e. The van der Waals surface area contributed by atoms with Crippen molar-refractivity contribution in [2.24, 2.45) is 33.8 Å². The fraction of sp³-hybridized carbons (Fsp3) is 0.700. The number of nitrogens with one attached hydrogen (secondary N) is 3. The minimum absolute atomic E-state index is 0.0844. The number of hydrogen-bond acceptors (Lipinski definition) is 7. The second-order valence-electron chi connectivity index (χ2n) is 8.06. The summed E-state index contributed by atoms with van der Waals surface area (Å²) in [5.74, 6) is -4.41. The summed E-state index contributed by atoms with van der Waals surface area (Å²) in [6.07, 6.45) is 0.835. The summed E-state index contributed by atoms with van der Waals surface area (Å²) in [5.41, 5.74) is 21.5. The van der Waals surface area contributed by atoms with Crippen LogP contribution >= 0.6 is 0 Å². The summed E-state index contributed by atoms with van der Waals surface area (Å²) in [4.78, 5) is 64.2. The molecular formula is C20H38N8O6. The van der Waals surface area contributed by atoms with Gasteiger partial charge in [-0.05, 0) is 32.1 Å². The van der Waals surface area contributed by atoms with E-state index in [0.29, 0.717) is 12.8 Å². The molecular weight excluding hydrogens is 448 g/mol. The molecule has 0 aromatic heterocycles. The van der Waals surface area contributed by atoms with Crippen LogP contribution in [-0.2, 0) is 24.0 Å². The van der Waals surface area contributed by atoms with E-state index in [4.69, 9.17) is 28.0 Å². The number of guanidine groups is 1. The summed E-state index contributed by atoms with van der Waals surface area (Å²) < 4.78 is 0. The molecule has 0 heterocycles. The van der Waals surface area contributed by atoms with Gasteiger partial charge in [-0.3, -0.25) is 29.0 Å². The van der Waals surface area contributed by atoms with Gasteiger partial charge in [-0.1, -0.05) is 20.3 Å². The van der Waals surface area contributed by atoms with E-state index in [2.05, 4.69) is 20.9 Å². The lowest BCUT2D eigenvalue weighted by Crippen LogP contribution is -2.58. The van der Waals surface area contributed by atoms with Gasteiger partial charge in [-0.15, -0.1) is 0 Å². The third kappa shape index (κ3) is 12.0. The number of aliphatic carboxylic acids is 1. The van der Waals surface area contributed by atoms with Crippen LogP contribution in [-0.4, -0.2) is 71.4 Å². The van der Waals surface area contributed by atoms with Gasteiger partial charge in [0.1, 0.15) is 18.1 Å². The Hall–Kier alpha value is -3.42. The van der Waals surface area contributed by atoms with Gasteiger partial charge in [-0.25, -0.2) is 0 Å². The number of carboxylic acid groups (broad SMARTS) is 1. The number of nitrogens with zero attached hydrogens (tertiary/aromatic N) is 1. The zero-order valence-corrected chi connectivity index (χ0v) is 19.9. The number of amides is 4. The minimum atomic E-state index is -1.23. The maximum absolute atomic E-state index is 12.9. The lowest BCUT2D eigenvalue weighted by molar-refractivity contribution is -0.142. The topological polar surface area (TPSA) is 258 Å². The van der Waals surface area contributed by atoms with Gasteiger partial charge in [0.2, 0.25) is 23.6 Å². The molecule has 34 heavy (non-hydrogen) atoms. The quantitative estimate of drug-likeness (QED) is 0.0637. The van der Waals surface area contributed by atoms with E-state index >= 15 is 0 Å². The third-order valence-corrected chi connectivity index (χ3v) is 5.14. The second kappa shape index (κ2) is 15.4. The van der Waals surface area contributed by atoms with Crippen molar-refractivity contribution in [1.82, 2.24) is 16.0 Å². The molecule has 0 aliphatic heterocycles. The molecule has 4 amide bonds. The van der Waals surface area contributed by atoms with Gasteiger partial charge in [0, 0.05) is 13.0 Å². The zero-order chi connectivity index (χ0) is 26.4. The first kappa shape index (κ1) is 30.6. The molecule has 0 radical (unpaired) electrons. The van der Waals surface area contributed by atoms with Crippen molar-refractivity contribution in [3.8, 4) is 0 Å². The number of primary amides is 1. The maximum Gasteiger partial charge on any atom is 0.325 e. The summed E-state index contributed by atoms with van der Waals surface area (Å²) in [7, 11) is 0. The summed E-state index contributed by atoms with van der Waals surface area (Å²) in [6.45, 7) is 5.07. The van der Waals surface area contributed by atoms with Gasteiger partial charge in [0.25, 0.3) is 0 Å². The van der Waals surface area contributed by atoms with E-state index in [1.54, 1.807) is 13.8 Å². The number of carboxylic acids is 1. The Bertz CT molecular complexity index is 755. The molecule has 14 nitrogen and oxygen atoms in total. The molecule has 0 aliphatic rings. The van der Waals surface area contributed by atoms with Gasteiger partial charge in [-0.2, -0.15) is 0 Å². The molecule has 12 N–H and O–H groups in total. The summed E-state index contributed by atoms with van der Waals surface area (Å²) in [6, 6.07) is -4.40. The highest BCUT2D eigenvalue weighted by molar-refractivity contribution is 5.94. The number of aliphatic imine (C=N–C) groups is 1. The van der Waals surface area contributed by atoms with Crippen LogP contribution in [0.15, 0.2) is 4.99 Å². The third-order valence-electron chi connectivity index (χ3n) is 5.14. The number of carbonyl (C=O) groups is 5. The van der Waals surface area contributed by atoms with Gasteiger partial charge < -0.3 is 44.0 Å². The normalized spacial score (nSPS) is 15.1. The molecule has 0 rings (SSSR count). The Kier molecular flexibility index (Phi) is 13.9. The highest BCUT2D eigenvalue weighted by Gasteiger charge is 2.32. The highest BCUT2D eigenvalue weighted by atomic mass is 16.4. The van der Waals surface area contributed by atoms with Crippen molar-refractivity contribution in [1.29, 1.82) is 0 Å². The van der Waals surface area contributed by atoms with Crippen LogP contribution in [0, 0.1) is 5.92 Å². The molecule has 14 heteroatoms. The molecule has 0 aromatic carbocycles. The Balaban J connectivity index is 5.37. The van der Waals surface area contributed by atoms with E-state index in [9.17, 15) is 24.0 Å². The van der Waals surface area contributed by atoms with Crippen molar-refractivity contribution >= 4 is 35.6 Å². The van der Waals surface area contributed by atoms with E-state index in [1.807, 2.05) is 0 Å². The lowest BCUT2D eigenvalue weighted by atomic mass is 9.97. The van der Waals surface area contributed by atoms with Gasteiger partial charge >= 0.3 is 5.97 Å². The average molecular weight is 487 g/mol. The second-order valence-corrected chi connectivity index (χ2v) is 8.06. The van der Waals surface area contributed by atoms with Crippen molar-refractivity contribution in [2.45, 2.75) is 77.0 Å². The predicted octanol–water partition coefficient (Wildman–Crippen LogP) is -2.76. The molecule has 5 unspecified atom stereocenters. The fourth-order valence-corrected chi connectivity index (χ4v) is 2.81. The SMILES string of the molecule is CCC(C)C(NC(=O)C(CCC(N)=O)NC(=O)C(N)CCCN=C(N)N)C(=O)NC(C)C(=O)O. The first-order valence-electron chi connectivity index (χ1n) is 11.0. The van der Waals surface area contributed by atoms with Crippen LogP contribution in [0.3, 0.4) is 0 Å². The molecule has 5 atom stereocenters. The van der Waals surface area contributed by atoms with E-state index < -0.39 is 53.8 Å². The van der Waals surface area contributed by atoms with E-state index in [0.717, 1.165) is 0 Å². The Morgan fingerprint density at radius 2 is 1.53 bits per heavy atom. The average Bonchev–Trinajstić information content (AvgIpc) is 2.76. The summed E-state index contributed by atoms with van der Waals surface area (Å²) >= 11 is 0. The van der Waals surface area contributed by atoms with Crippen molar-refractivity contribution in [3.05, 3.63) is 0 Å². The molecule has 0 saturated carbocycles. The minimum Gasteiger partial charge on any atom is -0.480 e. The van der Waals surface area contributed by atoms with Gasteiger partial charge in [0.15, 0.2) is 5.96 Å². The first-order chi connectivity index (χ1) is 15.8. The molecule has 0 aromatic rings. The highest BCUT2D eigenvalue weighted by Crippen LogP contribution is 2.10. The van der Waals surface area contributed by atoms with Gasteiger partial charge in [0.05, 0.1) is 6.04 Å². The fourth-order valence-electron chi connectivity index (χ4n) is 2.81. The standard InChI is InChI=1S/C20H38N8O6/c1-4-10(2)15(18(32)26-11(3)19(33)34)28-17(31)13(7-8-14(22)29)27-16(30)12(21)6-5-9-25-20(23)24/h10-13,15H,4-9,21H2,1-3H3,(H2,22,29)(H,26,32)(H,27,30)(H,28,31)(H,33,34)(H4,23,24,25). The Morgan fingerprint density at radius 3 is 2.03 bits per heavy atom. The molecule has 0 saturated heterocycles. The molecule has 0 aliphatic carbocycles. The smallest absolute Gasteiger partial charge is 0.325 e.